The van der Waals surface area contributed by atoms with Crippen molar-refractivity contribution in [3.63, 3.8) is 0 Å². The molecule has 0 aliphatic carbocycles. The topological polar surface area (TPSA) is 54.4 Å². The maximum atomic E-state index is 5.08. The maximum absolute atomic E-state index is 5.08. The fourth-order valence-electron chi connectivity index (χ4n) is 2.65. The smallest absolute Gasteiger partial charge is 0.205 e. The Morgan fingerprint density at radius 1 is 1.04 bits per heavy atom. The van der Waals surface area contributed by atoms with E-state index in [1.165, 1.54) is 16.2 Å². The Labute approximate surface area is 142 Å². The molecule has 0 radical (unpaired) electrons. The van der Waals surface area contributed by atoms with Crippen molar-refractivity contribution in [2.45, 2.75) is 6.61 Å². The molecule has 0 amide bonds. The number of nitrogens with zero attached hydrogens (tertiary/aromatic N) is 5. The summed E-state index contributed by atoms with van der Waals surface area (Å²) in [6, 6.07) is 8.31. The van der Waals surface area contributed by atoms with Gasteiger partial charge in [0.15, 0.2) is 11.0 Å². The lowest BCUT2D eigenvalue weighted by molar-refractivity contribution is 0.179. The number of hydrogen-bond acceptors (Lipinski definition) is 8. The van der Waals surface area contributed by atoms with Crippen molar-refractivity contribution in [1.82, 2.24) is 14.3 Å². The minimum absolute atomic E-state index is 0.474. The first-order chi connectivity index (χ1) is 11.3. The molecule has 0 unspecified atom stereocenters. The molecule has 6 nitrogen and oxygen atoms in total. The van der Waals surface area contributed by atoms with E-state index in [-0.39, 0.29) is 0 Å². The van der Waals surface area contributed by atoms with Gasteiger partial charge in [0.2, 0.25) is 5.13 Å². The molecular formula is C15H17N5OS2. The van der Waals surface area contributed by atoms with E-state index in [0.29, 0.717) is 6.61 Å². The van der Waals surface area contributed by atoms with Crippen LogP contribution in [0.15, 0.2) is 24.3 Å². The van der Waals surface area contributed by atoms with Gasteiger partial charge in [0, 0.05) is 44.8 Å². The van der Waals surface area contributed by atoms with E-state index in [1.54, 1.807) is 18.4 Å². The molecule has 0 N–H and O–H groups in total. The van der Waals surface area contributed by atoms with E-state index < -0.39 is 0 Å². The third kappa shape index (κ3) is 3.01. The summed E-state index contributed by atoms with van der Waals surface area (Å²) in [5, 5.41) is 2.10. The summed E-state index contributed by atoms with van der Waals surface area (Å²) < 4.78 is 10.7. The number of fused-ring (bicyclic) bond motifs is 1. The summed E-state index contributed by atoms with van der Waals surface area (Å²) in [7, 11) is 1.66. The average molecular weight is 347 g/mol. The molecule has 2 aromatic heterocycles. The van der Waals surface area contributed by atoms with E-state index in [9.17, 15) is 0 Å². The quantitative estimate of drug-likeness (QED) is 0.723. The molecule has 4 rings (SSSR count). The molecule has 0 saturated carbocycles. The van der Waals surface area contributed by atoms with Crippen LogP contribution in [0.2, 0.25) is 0 Å². The van der Waals surface area contributed by atoms with Crippen LogP contribution < -0.4 is 9.80 Å². The summed E-state index contributed by atoms with van der Waals surface area (Å²) in [5.74, 6) is 0.765. The Kier molecular flexibility index (Phi) is 4.11. The molecule has 120 valence electrons. The fourth-order valence-corrected chi connectivity index (χ4v) is 4.39. The Hall–Kier alpha value is -1.77. The average Bonchev–Trinajstić information content (AvgIpc) is 3.22. The van der Waals surface area contributed by atoms with Crippen LogP contribution in [0, 0.1) is 0 Å². The van der Waals surface area contributed by atoms with E-state index in [2.05, 4.69) is 37.4 Å². The van der Waals surface area contributed by atoms with Crippen molar-refractivity contribution in [3.05, 3.63) is 30.1 Å². The van der Waals surface area contributed by atoms with Gasteiger partial charge in [-0.15, -0.1) is 0 Å². The number of benzene rings is 1. The molecule has 0 bridgehead atoms. The first kappa shape index (κ1) is 14.8. The molecular weight excluding hydrogens is 330 g/mol. The summed E-state index contributed by atoms with van der Waals surface area (Å²) in [4.78, 5) is 13.9. The molecule has 1 aromatic carbocycles. The predicted molar refractivity (Wildman–Crippen MR) is 94.7 cm³/mol. The largest absolute Gasteiger partial charge is 0.377 e. The molecule has 1 aliphatic rings. The lowest BCUT2D eigenvalue weighted by Crippen LogP contribution is -2.46. The number of piperazine rings is 1. The molecule has 1 saturated heterocycles. The van der Waals surface area contributed by atoms with E-state index in [4.69, 9.17) is 9.72 Å². The maximum Gasteiger partial charge on any atom is 0.205 e. The van der Waals surface area contributed by atoms with Crippen LogP contribution in [0.3, 0.4) is 0 Å². The Morgan fingerprint density at radius 2 is 1.78 bits per heavy atom. The number of hydrogen-bond donors (Lipinski definition) is 0. The van der Waals surface area contributed by atoms with Crippen molar-refractivity contribution >= 4 is 43.3 Å². The number of methoxy groups -OCH3 is 1. The summed E-state index contributed by atoms with van der Waals surface area (Å²) in [6.07, 6.45) is 0. The molecule has 1 aliphatic heterocycles. The zero-order valence-electron chi connectivity index (χ0n) is 12.8. The Balaban J connectivity index is 1.43. The second-order valence-corrected chi connectivity index (χ2v) is 7.10. The molecule has 8 heteroatoms. The molecule has 3 aromatic rings. The molecule has 23 heavy (non-hydrogen) atoms. The minimum atomic E-state index is 0.474. The second kappa shape index (κ2) is 6.38. The number of thiazole rings is 1. The molecule has 0 spiro atoms. The third-order valence-electron chi connectivity index (χ3n) is 3.83. The SMILES string of the molecule is COCc1nsc(N2CCN(c3nc4ccccc4s3)CC2)n1. The van der Waals surface area contributed by atoms with Gasteiger partial charge in [-0.2, -0.15) is 4.37 Å². The normalized spacial score (nSPS) is 15.5. The van der Waals surface area contributed by atoms with Gasteiger partial charge in [-0.25, -0.2) is 9.97 Å². The van der Waals surface area contributed by atoms with Crippen LogP contribution in [-0.4, -0.2) is 47.6 Å². The van der Waals surface area contributed by atoms with Crippen LogP contribution in [0.4, 0.5) is 10.3 Å². The number of aromatic nitrogens is 3. The fraction of sp³-hybridized carbons (Fsp3) is 0.400. The van der Waals surface area contributed by atoms with Crippen LogP contribution in [0.25, 0.3) is 10.2 Å². The summed E-state index contributed by atoms with van der Waals surface area (Å²) in [6.45, 7) is 4.27. The van der Waals surface area contributed by atoms with Gasteiger partial charge < -0.3 is 14.5 Å². The third-order valence-corrected chi connectivity index (χ3v) is 5.75. The number of anilines is 2. The van der Waals surface area contributed by atoms with E-state index in [0.717, 1.165) is 47.8 Å². The highest BCUT2D eigenvalue weighted by atomic mass is 32.1. The van der Waals surface area contributed by atoms with Gasteiger partial charge in [-0.05, 0) is 12.1 Å². The molecule has 3 heterocycles. The van der Waals surface area contributed by atoms with Gasteiger partial charge in [-0.1, -0.05) is 23.5 Å². The van der Waals surface area contributed by atoms with Gasteiger partial charge in [0.05, 0.1) is 10.2 Å². The number of rotatable bonds is 4. The highest BCUT2D eigenvalue weighted by Crippen LogP contribution is 2.30. The minimum Gasteiger partial charge on any atom is -0.377 e. The van der Waals surface area contributed by atoms with Crippen molar-refractivity contribution in [1.29, 1.82) is 0 Å². The van der Waals surface area contributed by atoms with Gasteiger partial charge in [0.1, 0.15) is 6.61 Å². The van der Waals surface area contributed by atoms with Crippen LogP contribution >= 0.6 is 22.9 Å². The van der Waals surface area contributed by atoms with Gasteiger partial charge in [-0.3, -0.25) is 0 Å². The Morgan fingerprint density at radius 3 is 2.52 bits per heavy atom. The second-order valence-electron chi connectivity index (χ2n) is 5.36. The highest BCUT2D eigenvalue weighted by Gasteiger charge is 2.22. The highest BCUT2D eigenvalue weighted by molar-refractivity contribution is 7.22. The monoisotopic (exact) mass is 347 g/mol. The summed E-state index contributed by atoms with van der Waals surface area (Å²) >= 11 is 3.22. The standard InChI is InChI=1S/C15H17N5OS2/c1-21-10-13-17-15(23-18-13)20-8-6-19(7-9-20)14-16-11-4-2-3-5-12(11)22-14/h2-5H,6-10H2,1H3. The first-order valence-electron chi connectivity index (χ1n) is 7.50. The van der Waals surface area contributed by atoms with E-state index in [1.807, 2.05) is 6.07 Å². The lowest BCUT2D eigenvalue weighted by atomic mass is 10.3. The van der Waals surface area contributed by atoms with Crippen molar-refractivity contribution in [2.75, 3.05) is 43.1 Å². The molecule has 1 fully saturated rings. The van der Waals surface area contributed by atoms with Crippen molar-refractivity contribution in [3.8, 4) is 0 Å². The zero-order chi connectivity index (χ0) is 15.6. The van der Waals surface area contributed by atoms with Crippen molar-refractivity contribution < 1.29 is 4.74 Å². The number of ether oxygens (including phenoxy) is 1. The Bertz CT molecular complexity index is 761. The first-order valence-corrected chi connectivity index (χ1v) is 9.09. The summed E-state index contributed by atoms with van der Waals surface area (Å²) in [5.41, 5.74) is 1.09. The van der Waals surface area contributed by atoms with Crippen molar-refractivity contribution in [2.24, 2.45) is 0 Å². The van der Waals surface area contributed by atoms with Crippen LogP contribution in [0.1, 0.15) is 5.82 Å². The zero-order valence-corrected chi connectivity index (χ0v) is 14.4. The van der Waals surface area contributed by atoms with Gasteiger partial charge in [0.25, 0.3) is 0 Å². The lowest BCUT2D eigenvalue weighted by Gasteiger charge is -2.34. The van der Waals surface area contributed by atoms with Crippen LogP contribution in [0.5, 0.6) is 0 Å². The molecule has 0 atom stereocenters. The van der Waals surface area contributed by atoms with Crippen LogP contribution in [-0.2, 0) is 11.3 Å². The number of para-hydroxylation sites is 1. The van der Waals surface area contributed by atoms with Gasteiger partial charge >= 0.3 is 0 Å². The predicted octanol–water partition coefficient (Wildman–Crippen LogP) is 2.62. The van der Waals surface area contributed by atoms with E-state index >= 15 is 0 Å².